The summed E-state index contributed by atoms with van der Waals surface area (Å²) in [5.41, 5.74) is 2.92. The Morgan fingerprint density at radius 1 is 1.26 bits per heavy atom. The summed E-state index contributed by atoms with van der Waals surface area (Å²) in [4.78, 5) is 0. The van der Waals surface area contributed by atoms with E-state index in [1.54, 1.807) is 6.42 Å². The molecule has 2 bridgehead atoms. The number of benzene rings is 1. The lowest BCUT2D eigenvalue weighted by molar-refractivity contribution is 0.277. The van der Waals surface area contributed by atoms with Crippen LogP contribution in [0, 0.1) is 30.6 Å². The molecule has 4 atom stereocenters. The van der Waals surface area contributed by atoms with E-state index in [0.29, 0.717) is 0 Å². The Morgan fingerprint density at radius 2 is 2.16 bits per heavy atom. The van der Waals surface area contributed by atoms with E-state index >= 15 is 0 Å². The van der Waals surface area contributed by atoms with Crippen molar-refractivity contribution in [2.24, 2.45) is 23.7 Å². The molecule has 0 aliphatic heterocycles. The number of fused-ring (bicyclic) bond motifs is 2. The molecular weight excluding hydrogens is 296 g/mol. The van der Waals surface area contributed by atoms with E-state index in [0.717, 1.165) is 29.0 Å². The molecule has 1 aromatic carbocycles. The number of aryl methyl sites for hydroxylation is 1. The van der Waals surface area contributed by atoms with E-state index < -0.39 is 0 Å². The average molecular weight is 321 g/mol. The van der Waals surface area contributed by atoms with Crippen LogP contribution in [0.1, 0.15) is 43.2 Å². The molecule has 1 aromatic rings. The molecule has 0 saturated heterocycles. The lowest BCUT2D eigenvalue weighted by Gasteiger charge is -2.26. The van der Waals surface area contributed by atoms with Gasteiger partial charge in [0.25, 0.3) is 0 Å². The fraction of sp³-hybridized carbons (Fsp3) is 0.667. The van der Waals surface area contributed by atoms with Gasteiger partial charge in [-0.1, -0.05) is 52.2 Å². The first-order valence-electron chi connectivity index (χ1n) is 7.86. The summed E-state index contributed by atoms with van der Waals surface area (Å²) in [6, 6.07) is 9.05. The van der Waals surface area contributed by atoms with Gasteiger partial charge in [0.1, 0.15) is 0 Å². The van der Waals surface area contributed by atoms with Gasteiger partial charge in [0.2, 0.25) is 0 Å². The van der Waals surface area contributed by atoms with Crippen LogP contribution in [-0.2, 0) is 6.42 Å². The monoisotopic (exact) mass is 320 g/mol. The minimum Gasteiger partial charge on any atom is -0.0925 e. The van der Waals surface area contributed by atoms with Gasteiger partial charge in [-0.05, 0) is 68.3 Å². The van der Waals surface area contributed by atoms with Crippen LogP contribution < -0.4 is 0 Å². The van der Waals surface area contributed by atoms with Crippen molar-refractivity contribution in [1.82, 2.24) is 0 Å². The third-order valence-electron chi connectivity index (χ3n) is 5.35. The van der Waals surface area contributed by atoms with Crippen molar-refractivity contribution < 1.29 is 0 Å². The third-order valence-corrected chi connectivity index (χ3v) is 6.26. The highest BCUT2D eigenvalue weighted by atomic mass is 79.9. The van der Waals surface area contributed by atoms with Gasteiger partial charge in [0.05, 0.1) is 0 Å². The molecule has 0 N–H and O–H groups in total. The van der Waals surface area contributed by atoms with Crippen LogP contribution in [0.4, 0.5) is 0 Å². The minimum absolute atomic E-state index is 0.825. The highest BCUT2D eigenvalue weighted by molar-refractivity contribution is 9.09. The Kier molecular flexibility index (Phi) is 4.31. The molecule has 3 rings (SSSR count). The van der Waals surface area contributed by atoms with Crippen LogP contribution in [-0.4, -0.2) is 5.33 Å². The molecular formula is C18H25Br. The summed E-state index contributed by atoms with van der Waals surface area (Å²) < 4.78 is 0. The first-order chi connectivity index (χ1) is 9.24. The second-order valence-corrected chi connectivity index (χ2v) is 7.53. The van der Waals surface area contributed by atoms with Crippen molar-refractivity contribution in [3.63, 3.8) is 0 Å². The predicted octanol–water partition coefficient (Wildman–Crippen LogP) is 5.37. The largest absolute Gasteiger partial charge is 0.0925 e. The molecule has 2 aliphatic rings. The van der Waals surface area contributed by atoms with Gasteiger partial charge in [-0.2, -0.15) is 0 Å². The molecule has 0 amide bonds. The topological polar surface area (TPSA) is 0 Å². The molecule has 1 heteroatoms. The Morgan fingerprint density at radius 3 is 2.79 bits per heavy atom. The van der Waals surface area contributed by atoms with Crippen molar-refractivity contribution in [2.45, 2.75) is 45.4 Å². The average Bonchev–Trinajstić information content (AvgIpc) is 3.00. The molecule has 0 spiro atoms. The van der Waals surface area contributed by atoms with E-state index in [1.807, 2.05) is 0 Å². The van der Waals surface area contributed by atoms with Crippen molar-refractivity contribution in [3.8, 4) is 0 Å². The summed E-state index contributed by atoms with van der Waals surface area (Å²) in [5.74, 6) is 4.02. The van der Waals surface area contributed by atoms with Crippen molar-refractivity contribution in [3.05, 3.63) is 35.4 Å². The molecule has 19 heavy (non-hydrogen) atoms. The van der Waals surface area contributed by atoms with Crippen LogP contribution in [0.2, 0.25) is 0 Å². The lowest BCUT2D eigenvalue weighted by Crippen LogP contribution is -2.17. The number of hydrogen-bond acceptors (Lipinski definition) is 0. The van der Waals surface area contributed by atoms with Crippen molar-refractivity contribution in [1.29, 1.82) is 0 Å². The maximum Gasteiger partial charge on any atom is 0.00629 e. The Balaban J connectivity index is 1.59. The molecule has 0 radical (unpaired) electrons. The molecule has 2 aliphatic carbocycles. The molecule has 4 unspecified atom stereocenters. The fourth-order valence-corrected chi connectivity index (χ4v) is 4.96. The standard InChI is InChI=1S/C18H25Br/c1-13-3-2-4-14(7-13)8-16(12-19)11-18-10-15-5-6-17(18)9-15/h2-4,7,15-18H,5-6,8-12H2,1H3. The van der Waals surface area contributed by atoms with Crippen LogP contribution in [0.5, 0.6) is 0 Å². The van der Waals surface area contributed by atoms with Gasteiger partial charge in [-0.3, -0.25) is 0 Å². The van der Waals surface area contributed by atoms with E-state index in [1.165, 1.54) is 43.2 Å². The fourth-order valence-electron chi connectivity index (χ4n) is 4.47. The first kappa shape index (κ1) is 13.7. The normalized spacial score (nSPS) is 30.7. The summed E-state index contributed by atoms with van der Waals surface area (Å²) >= 11 is 3.75. The zero-order chi connectivity index (χ0) is 13.2. The second kappa shape index (κ2) is 5.99. The molecule has 0 nitrogen and oxygen atoms in total. The molecule has 2 fully saturated rings. The number of rotatable bonds is 5. The van der Waals surface area contributed by atoms with Gasteiger partial charge in [-0.25, -0.2) is 0 Å². The summed E-state index contributed by atoms with van der Waals surface area (Å²) in [6.07, 6.45) is 8.82. The maximum atomic E-state index is 3.75. The highest BCUT2D eigenvalue weighted by Crippen LogP contribution is 2.50. The highest BCUT2D eigenvalue weighted by Gasteiger charge is 2.39. The molecule has 104 valence electrons. The summed E-state index contributed by atoms with van der Waals surface area (Å²) in [5, 5.41) is 1.16. The second-order valence-electron chi connectivity index (χ2n) is 6.88. The van der Waals surface area contributed by atoms with E-state index in [2.05, 4.69) is 47.1 Å². The summed E-state index contributed by atoms with van der Waals surface area (Å²) in [7, 11) is 0. The number of halogens is 1. The smallest absolute Gasteiger partial charge is 0.00629 e. The van der Waals surface area contributed by atoms with Crippen LogP contribution in [0.15, 0.2) is 24.3 Å². The van der Waals surface area contributed by atoms with Crippen molar-refractivity contribution >= 4 is 15.9 Å². The summed E-state index contributed by atoms with van der Waals surface area (Å²) in [6.45, 7) is 2.20. The quantitative estimate of drug-likeness (QED) is 0.639. The molecule has 2 saturated carbocycles. The van der Waals surface area contributed by atoms with Gasteiger partial charge in [-0.15, -0.1) is 0 Å². The van der Waals surface area contributed by atoms with Gasteiger partial charge in [0.15, 0.2) is 0 Å². The zero-order valence-electron chi connectivity index (χ0n) is 11.9. The lowest BCUT2D eigenvalue weighted by atomic mass is 9.81. The predicted molar refractivity (Wildman–Crippen MR) is 85.7 cm³/mol. The maximum absolute atomic E-state index is 3.75. The van der Waals surface area contributed by atoms with Gasteiger partial charge in [0, 0.05) is 5.33 Å². The molecule has 0 aromatic heterocycles. The zero-order valence-corrected chi connectivity index (χ0v) is 13.5. The SMILES string of the molecule is Cc1cccc(CC(CBr)CC2CC3CCC2C3)c1. The Hall–Kier alpha value is -0.300. The van der Waals surface area contributed by atoms with Crippen molar-refractivity contribution in [2.75, 3.05) is 5.33 Å². The van der Waals surface area contributed by atoms with Crippen LogP contribution in [0.3, 0.4) is 0 Å². The minimum atomic E-state index is 0.825. The van der Waals surface area contributed by atoms with E-state index in [9.17, 15) is 0 Å². The third kappa shape index (κ3) is 3.24. The van der Waals surface area contributed by atoms with Crippen LogP contribution in [0.25, 0.3) is 0 Å². The van der Waals surface area contributed by atoms with E-state index in [4.69, 9.17) is 0 Å². The van der Waals surface area contributed by atoms with Crippen LogP contribution >= 0.6 is 15.9 Å². The van der Waals surface area contributed by atoms with Gasteiger partial charge >= 0.3 is 0 Å². The Labute approximate surface area is 126 Å². The Bertz CT molecular complexity index is 425. The van der Waals surface area contributed by atoms with Gasteiger partial charge < -0.3 is 0 Å². The molecule has 0 heterocycles. The van der Waals surface area contributed by atoms with E-state index in [-0.39, 0.29) is 0 Å². The number of alkyl halides is 1. The number of hydrogen-bond donors (Lipinski definition) is 0. The first-order valence-corrected chi connectivity index (χ1v) is 8.98.